The summed E-state index contributed by atoms with van der Waals surface area (Å²) < 4.78 is 26.3. The fraction of sp³-hybridized carbons (Fsp3) is 0.500. The van der Waals surface area contributed by atoms with E-state index < -0.39 is 19.7 Å². The zero-order chi connectivity index (χ0) is 16.4. The van der Waals surface area contributed by atoms with Crippen LogP contribution in [0.15, 0.2) is 30.3 Å². The van der Waals surface area contributed by atoms with Crippen LogP contribution in [0.4, 0.5) is 0 Å². The molecule has 1 rings (SSSR count). The van der Waals surface area contributed by atoms with Gasteiger partial charge in [0, 0.05) is 6.92 Å². The zero-order valence-electron chi connectivity index (χ0n) is 12.4. The highest BCUT2D eigenvalue weighted by atomic mass is 31.2. The van der Waals surface area contributed by atoms with Gasteiger partial charge in [-0.2, -0.15) is 0 Å². The second-order valence-corrected chi connectivity index (χ2v) is 6.50. The van der Waals surface area contributed by atoms with Crippen LogP contribution in [0.3, 0.4) is 0 Å². The molecule has 0 fully saturated rings. The molecule has 0 aromatic heterocycles. The Kier molecular flexibility index (Phi) is 8.30. The van der Waals surface area contributed by atoms with Gasteiger partial charge in [-0.15, -0.1) is 0 Å². The van der Waals surface area contributed by atoms with E-state index in [9.17, 15) is 9.36 Å². The molecule has 1 atom stereocenters. The summed E-state index contributed by atoms with van der Waals surface area (Å²) in [5, 5.41) is 0. The molecule has 0 heterocycles. The van der Waals surface area contributed by atoms with Crippen molar-refractivity contribution in [2.45, 2.75) is 26.1 Å². The van der Waals surface area contributed by atoms with Crippen LogP contribution in [0.1, 0.15) is 18.9 Å². The molecule has 7 nitrogen and oxygen atoms in total. The molecule has 1 unspecified atom stereocenters. The molecule has 2 N–H and O–H groups in total. The molecule has 0 saturated carbocycles. The average Bonchev–Trinajstić information content (AvgIpc) is 2.45. The first-order valence-corrected chi connectivity index (χ1v) is 8.58. The topological polar surface area (TPSA) is 102 Å². The third kappa shape index (κ3) is 9.65. The fourth-order valence-corrected chi connectivity index (χ4v) is 2.24. The first kappa shape index (κ1) is 18.8. The van der Waals surface area contributed by atoms with Crippen LogP contribution < -0.4 is 0 Å². The Balaban J connectivity index is 2.42. The summed E-state index contributed by atoms with van der Waals surface area (Å²) in [5.41, 5.74) is 0.948. The zero-order valence-corrected chi connectivity index (χ0v) is 13.3. The molecule has 0 aliphatic carbocycles. The van der Waals surface area contributed by atoms with E-state index in [0.717, 1.165) is 5.56 Å². The molecule has 22 heavy (non-hydrogen) atoms. The molecule has 0 aliphatic rings. The molecule has 0 bridgehead atoms. The van der Waals surface area contributed by atoms with E-state index in [1.807, 2.05) is 30.3 Å². The van der Waals surface area contributed by atoms with E-state index in [2.05, 4.69) is 4.74 Å². The Morgan fingerprint density at radius 1 is 1.27 bits per heavy atom. The normalized spacial score (nSPS) is 12.9. The summed E-state index contributed by atoms with van der Waals surface area (Å²) in [6.07, 6.45) is -0.635. The number of benzene rings is 1. The van der Waals surface area contributed by atoms with Crippen molar-refractivity contribution in [2.75, 3.05) is 19.6 Å². The lowest BCUT2D eigenvalue weighted by Gasteiger charge is -2.18. The third-order valence-corrected chi connectivity index (χ3v) is 3.56. The van der Waals surface area contributed by atoms with Gasteiger partial charge in [-0.1, -0.05) is 30.3 Å². The number of hydrogen-bond donors (Lipinski definition) is 2. The summed E-state index contributed by atoms with van der Waals surface area (Å²) in [4.78, 5) is 28.5. The van der Waals surface area contributed by atoms with Gasteiger partial charge in [0.25, 0.3) is 0 Å². The Morgan fingerprint density at radius 2 is 1.95 bits per heavy atom. The van der Waals surface area contributed by atoms with E-state index in [4.69, 9.17) is 19.3 Å². The molecule has 1 aromatic rings. The number of hydrogen-bond acceptors (Lipinski definition) is 5. The number of carbonyl (C=O) groups is 1. The van der Waals surface area contributed by atoms with E-state index in [-0.39, 0.29) is 26.0 Å². The summed E-state index contributed by atoms with van der Waals surface area (Å²) in [6.45, 7) is 1.45. The SMILES string of the molecule is CC(=O)OCOCC(CCP(=O)(O)O)OCc1ccccc1. The monoisotopic (exact) mass is 332 g/mol. The van der Waals surface area contributed by atoms with E-state index in [1.54, 1.807) is 0 Å². The minimum absolute atomic E-state index is 0.0834. The molecule has 0 spiro atoms. The summed E-state index contributed by atoms with van der Waals surface area (Å²) in [5.74, 6) is -0.461. The largest absolute Gasteiger partial charge is 0.439 e. The molecule has 0 radical (unpaired) electrons. The van der Waals surface area contributed by atoms with Gasteiger partial charge in [0.15, 0.2) is 6.79 Å². The molecule has 8 heteroatoms. The van der Waals surface area contributed by atoms with Crippen molar-refractivity contribution >= 4 is 13.6 Å². The standard InChI is InChI=1S/C14H21O7P/c1-12(15)21-11-19-10-14(7-8-22(16,17)18)20-9-13-5-3-2-4-6-13/h2-6,14H,7-11H2,1H3,(H2,16,17,18). The lowest BCUT2D eigenvalue weighted by Crippen LogP contribution is -2.22. The van der Waals surface area contributed by atoms with Crippen molar-refractivity contribution in [1.29, 1.82) is 0 Å². The Hall–Kier alpha value is -1.24. The Labute approximate surface area is 129 Å². The molecular formula is C14H21O7P. The molecule has 1 aromatic carbocycles. The first-order valence-electron chi connectivity index (χ1n) is 6.78. The van der Waals surface area contributed by atoms with Crippen molar-refractivity contribution in [3.8, 4) is 0 Å². The highest BCUT2D eigenvalue weighted by Crippen LogP contribution is 2.35. The van der Waals surface area contributed by atoms with Gasteiger partial charge in [-0.3, -0.25) is 9.36 Å². The Bertz CT molecular complexity index is 485. The van der Waals surface area contributed by atoms with E-state index in [0.29, 0.717) is 6.61 Å². The van der Waals surface area contributed by atoms with Crippen molar-refractivity contribution in [1.82, 2.24) is 0 Å². The minimum Gasteiger partial charge on any atom is -0.439 e. The number of esters is 1. The van der Waals surface area contributed by atoms with Crippen LogP contribution in [0.2, 0.25) is 0 Å². The van der Waals surface area contributed by atoms with Gasteiger partial charge in [0.2, 0.25) is 0 Å². The smallest absolute Gasteiger partial charge is 0.325 e. The molecule has 0 saturated heterocycles. The maximum atomic E-state index is 11.0. The lowest BCUT2D eigenvalue weighted by molar-refractivity contribution is -0.157. The number of rotatable bonds is 10. The van der Waals surface area contributed by atoms with E-state index in [1.165, 1.54) is 6.92 Å². The van der Waals surface area contributed by atoms with Gasteiger partial charge in [0.05, 0.1) is 25.5 Å². The van der Waals surface area contributed by atoms with Crippen molar-refractivity contribution in [2.24, 2.45) is 0 Å². The minimum atomic E-state index is -4.09. The summed E-state index contributed by atoms with van der Waals surface area (Å²) in [6, 6.07) is 9.41. The number of carbonyl (C=O) groups excluding carboxylic acids is 1. The maximum absolute atomic E-state index is 11.0. The molecule has 0 amide bonds. The highest BCUT2D eigenvalue weighted by Gasteiger charge is 2.18. The maximum Gasteiger partial charge on any atom is 0.325 e. The van der Waals surface area contributed by atoms with Gasteiger partial charge >= 0.3 is 13.6 Å². The predicted octanol–water partition coefficient (Wildman–Crippen LogP) is 1.68. The van der Waals surface area contributed by atoms with Crippen LogP contribution in [-0.2, 0) is 30.2 Å². The van der Waals surface area contributed by atoms with Gasteiger partial charge in [-0.05, 0) is 12.0 Å². The van der Waals surface area contributed by atoms with Crippen molar-refractivity contribution in [3.05, 3.63) is 35.9 Å². The van der Waals surface area contributed by atoms with Gasteiger partial charge in [-0.25, -0.2) is 0 Å². The summed E-state index contributed by atoms with van der Waals surface area (Å²) >= 11 is 0. The fourth-order valence-electron chi connectivity index (χ4n) is 1.62. The highest BCUT2D eigenvalue weighted by molar-refractivity contribution is 7.51. The molecule has 124 valence electrons. The van der Waals surface area contributed by atoms with Crippen LogP contribution in [0.5, 0.6) is 0 Å². The van der Waals surface area contributed by atoms with Gasteiger partial charge in [0.1, 0.15) is 0 Å². The average molecular weight is 332 g/mol. The van der Waals surface area contributed by atoms with Crippen LogP contribution in [0.25, 0.3) is 0 Å². The lowest BCUT2D eigenvalue weighted by atomic mass is 10.2. The van der Waals surface area contributed by atoms with E-state index >= 15 is 0 Å². The number of ether oxygens (including phenoxy) is 3. The summed E-state index contributed by atoms with van der Waals surface area (Å²) in [7, 11) is -4.09. The van der Waals surface area contributed by atoms with Crippen LogP contribution in [-0.4, -0.2) is 41.4 Å². The molecule has 0 aliphatic heterocycles. The van der Waals surface area contributed by atoms with Crippen LogP contribution >= 0.6 is 7.60 Å². The third-order valence-electron chi connectivity index (χ3n) is 2.72. The predicted molar refractivity (Wildman–Crippen MR) is 79.1 cm³/mol. The van der Waals surface area contributed by atoms with Crippen molar-refractivity contribution in [3.63, 3.8) is 0 Å². The Morgan fingerprint density at radius 3 is 2.55 bits per heavy atom. The molecular weight excluding hydrogens is 311 g/mol. The van der Waals surface area contributed by atoms with Crippen molar-refractivity contribution < 1.29 is 33.4 Å². The van der Waals surface area contributed by atoms with Gasteiger partial charge < -0.3 is 24.0 Å². The first-order chi connectivity index (χ1) is 10.4. The quantitative estimate of drug-likeness (QED) is 0.291. The second-order valence-electron chi connectivity index (χ2n) is 4.72. The van der Waals surface area contributed by atoms with Crippen LogP contribution in [0, 0.1) is 0 Å². The second kappa shape index (κ2) is 9.71.